The molecule has 0 radical (unpaired) electrons. The van der Waals surface area contributed by atoms with E-state index < -0.39 is 0 Å². The fraction of sp³-hybridized carbons (Fsp3) is 0.261. The van der Waals surface area contributed by atoms with Crippen molar-refractivity contribution in [2.45, 2.75) is 13.0 Å². The number of fused-ring (bicyclic) bond motifs is 5. The van der Waals surface area contributed by atoms with Crippen molar-refractivity contribution in [1.29, 1.82) is 0 Å². The van der Waals surface area contributed by atoms with E-state index in [1.807, 2.05) is 48.5 Å². The normalized spacial score (nSPS) is 27.3. The van der Waals surface area contributed by atoms with Crippen molar-refractivity contribution in [3.05, 3.63) is 76.3 Å². The van der Waals surface area contributed by atoms with Gasteiger partial charge in [-0.25, -0.2) is 0 Å². The van der Waals surface area contributed by atoms with E-state index in [9.17, 15) is 9.59 Å². The van der Waals surface area contributed by atoms with Crippen LogP contribution in [-0.2, 0) is 16.2 Å². The van der Waals surface area contributed by atoms with Crippen LogP contribution in [0.4, 0.5) is 0 Å². The van der Waals surface area contributed by atoms with E-state index >= 15 is 0 Å². The number of hydrazone groups is 1. The first-order valence-corrected chi connectivity index (χ1v) is 10.5. The van der Waals surface area contributed by atoms with Gasteiger partial charge in [-0.3, -0.25) is 9.59 Å². The number of rotatable bonds is 5. The first kappa shape index (κ1) is 18.3. The Morgan fingerprint density at radius 3 is 2.21 bits per heavy atom. The Morgan fingerprint density at radius 1 is 0.966 bits per heavy atom. The third kappa shape index (κ3) is 3.31. The van der Waals surface area contributed by atoms with Gasteiger partial charge in [0.1, 0.15) is 12.4 Å². The van der Waals surface area contributed by atoms with Crippen molar-refractivity contribution in [3.8, 4) is 5.75 Å². The Balaban J connectivity index is 1.22. The van der Waals surface area contributed by atoms with Crippen molar-refractivity contribution in [3.63, 3.8) is 0 Å². The van der Waals surface area contributed by atoms with Gasteiger partial charge in [-0.2, -0.15) is 10.1 Å². The van der Waals surface area contributed by atoms with Crippen LogP contribution >= 0.6 is 15.9 Å². The molecule has 1 saturated carbocycles. The molecular formula is C23H19BrN2O3. The number of imide groups is 1. The topological polar surface area (TPSA) is 59.0 Å². The number of hydrogen-bond acceptors (Lipinski definition) is 4. The molecule has 1 heterocycles. The Labute approximate surface area is 177 Å². The van der Waals surface area contributed by atoms with Crippen molar-refractivity contribution in [1.82, 2.24) is 5.01 Å². The van der Waals surface area contributed by atoms with E-state index in [-0.39, 0.29) is 35.5 Å². The second kappa shape index (κ2) is 7.26. The number of nitrogens with zero attached hydrogens (tertiary/aromatic N) is 2. The zero-order chi connectivity index (χ0) is 20.0. The van der Waals surface area contributed by atoms with Gasteiger partial charge >= 0.3 is 0 Å². The lowest BCUT2D eigenvalue weighted by molar-refractivity contribution is -0.140. The van der Waals surface area contributed by atoms with Crippen molar-refractivity contribution in [2.75, 3.05) is 0 Å². The predicted octanol–water partition coefficient (Wildman–Crippen LogP) is 4.17. The van der Waals surface area contributed by atoms with Crippen LogP contribution in [0.2, 0.25) is 0 Å². The van der Waals surface area contributed by atoms with Crippen molar-refractivity contribution in [2.24, 2.45) is 28.8 Å². The highest BCUT2D eigenvalue weighted by molar-refractivity contribution is 9.10. The molecule has 0 unspecified atom stereocenters. The van der Waals surface area contributed by atoms with Crippen molar-refractivity contribution < 1.29 is 14.3 Å². The highest BCUT2D eigenvalue weighted by Gasteiger charge is 2.59. The lowest BCUT2D eigenvalue weighted by atomic mass is 9.85. The van der Waals surface area contributed by atoms with Crippen LogP contribution < -0.4 is 4.74 Å². The van der Waals surface area contributed by atoms with Crippen LogP contribution in [0.1, 0.15) is 17.5 Å². The molecule has 2 bridgehead atoms. The number of benzene rings is 2. The van der Waals surface area contributed by atoms with Crippen LogP contribution in [0.15, 0.2) is 70.3 Å². The summed E-state index contributed by atoms with van der Waals surface area (Å²) in [6.45, 7) is 0.483. The molecule has 6 heteroatoms. The SMILES string of the molecule is O=C1[C@@H]2[C@H](C(=O)N1/N=C\c1ccc(OCc3ccc(Br)cc3)cc1)[C@@H]1C=C[C@H]2C1. The van der Waals surface area contributed by atoms with Gasteiger partial charge in [0.25, 0.3) is 11.8 Å². The number of allylic oxidation sites excluding steroid dienone is 2. The van der Waals surface area contributed by atoms with E-state index in [1.54, 1.807) is 6.21 Å². The molecule has 2 aromatic rings. The summed E-state index contributed by atoms with van der Waals surface area (Å²) >= 11 is 3.42. The monoisotopic (exact) mass is 450 g/mol. The highest BCUT2D eigenvalue weighted by atomic mass is 79.9. The fourth-order valence-corrected chi connectivity index (χ4v) is 4.79. The predicted molar refractivity (Wildman–Crippen MR) is 112 cm³/mol. The van der Waals surface area contributed by atoms with Gasteiger partial charge in [-0.05, 0) is 65.8 Å². The van der Waals surface area contributed by atoms with E-state index in [2.05, 4.69) is 33.2 Å². The Kier molecular flexibility index (Phi) is 4.59. The van der Waals surface area contributed by atoms with E-state index in [1.165, 1.54) is 0 Å². The highest BCUT2D eigenvalue weighted by Crippen LogP contribution is 2.52. The van der Waals surface area contributed by atoms with Crippen LogP contribution in [0.5, 0.6) is 5.75 Å². The molecular weight excluding hydrogens is 432 g/mol. The summed E-state index contributed by atoms with van der Waals surface area (Å²) in [6, 6.07) is 15.4. The molecule has 2 aromatic carbocycles. The molecule has 5 rings (SSSR count). The molecule has 4 atom stereocenters. The maximum absolute atomic E-state index is 12.6. The first-order valence-electron chi connectivity index (χ1n) is 9.67. The minimum atomic E-state index is -0.218. The van der Waals surface area contributed by atoms with Crippen molar-refractivity contribution >= 4 is 34.0 Å². The average molecular weight is 451 g/mol. The van der Waals surface area contributed by atoms with Crippen LogP contribution in [0, 0.1) is 23.7 Å². The van der Waals surface area contributed by atoms with Gasteiger partial charge < -0.3 is 4.74 Å². The number of hydrogen-bond donors (Lipinski definition) is 0. The van der Waals surface area contributed by atoms with Gasteiger partial charge in [-0.15, -0.1) is 0 Å². The summed E-state index contributed by atoms with van der Waals surface area (Å²) in [4.78, 5) is 25.3. The van der Waals surface area contributed by atoms with E-state index in [0.29, 0.717) is 6.61 Å². The Morgan fingerprint density at radius 2 is 1.59 bits per heavy atom. The summed E-state index contributed by atoms with van der Waals surface area (Å²) in [5.41, 5.74) is 1.89. The number of ether oxygens (including phenoxy) is 1. The quantitative estimate of drug-likeness (QED) is 0.390. The third-order valence-corrected chi connectivity index (χ3v) is 6.50. The van der Waals surface area contributed by atoms with Gasteiger partial charge in [0.15, 0.2) is 0 Å². The van der Waals surface area contributed by atoms with Gasteiger partial charge in [0.05, 0.1) is 18.1 Å². The number of carbonyl (C=O) groups excluding carboxylic acids is 2. The van der Waals surface area contributed by atoms with Crippen LogP contribution in [-0.4, -0.2) is 23.0 Å². The zero-order valence-corrected chi connectivity index (χ0v) is 17.2. The minimum absolute atomic E-state index is 0.164. The molecule has 3 aliphatic rings. The van der Waals surface area contributed by atoms with Crippen LogP contribution in [0.25, 0.3) is 0 Å². The smallest absolute Gasteiger partial charge is 0.254 e. The molecule has 0 aromatic heterocycles. The molecule has 146 valence electrons. The maximum atomic E-state index is 12.6. The summed E-state index contributed by atoms with van der Waals surface area (Å²) in [5.74, 6) is 0.376. The molecule has 1 saturated heterocycles. The number of amides is 2. The maximum Gasteiger partial charge on any atom is 0.254 e. The first-order chi connectivity index (χ1) is 14.1. The number of carbonyl (C=O) groups is 2. The van der Waals surface area contributed by atoms with Gasteiger partial charge in [0, 0.05) is 4.47 Å². The summed E-state index contributed by atoms with van der Waals surface area (Å²) in [6.07, 6.45) is 6.64. The minimum Gasteiger partial charge on any atom is -0.489 e. The largest absolute Gasteiger partial charge is 0.489 e. The summed E-state index contributed by atoms with van der Waals surface area (Å²) in [7, 11) is 0. The van der Waals surface area contributed by atoms with Gasteiger partial charge in [0.2, 0.25) is 0 Å². The lowest BCUT2D eigenvalue weighted by Gasteiger charge is -2.13. The second-order valence-corrected chi connectivity index (χ2v) is 8.63. The fourth-order valence-electron chi connectivity index (χ4n) is 4.52. The standard InChI is InChI=1S/C23H19BrN2O3/c24-18-7-1-15(2-8-18)13-29-19-9-3-14(4-10-19)12-25-26-22(27)20-16-5-6-17(11-16)21(20)23(26)28/h1-10,12,16-17,20-21H,11,13H2/b25-12-/t16-,17+,20-,21+. The average Bonchev–Trinajstić information content (AvgIpc) is 3.41. The molecule has 2 aliphatic carbocycles. The molecule has 29 heavy (non-hydrogen) atoms. The summed E-state index contributed by atoms with van der Waals surface area (Å²) in [5, 5.41) is 5.27. The molecule has 1 aliphatic heterocycles. The lowest BCUT2D eigenvalue weighted by Crippen LogP contribution is -2.28. The molecule has 0 N–H and O–H groups in total. The second-order valence-electron chi connectivity index (χ2n) is 7.72. The molecule has 2 amide bonds. The van der Waals surface area contributed by atoms with Gasteiger partial charge in [-0.1, -0.05) is 40.2 Å². The molecule has 0 spiro atoms. The van der Waals surface area contributed by atoms with E-state index in [0.717, 1.165) is 32.8 Å². The van der Waals surface area contributed by atoms with E-state index in [4.69, 9.17) is 4.74 Å². The molecule has 2 fully saturated rings. The molecule has 5 nitrogen and oxygen atoms in total. The zero-order valence-electron chi connectivity index (χ0n) is 15.6. The Hall–Kier alpha value is -2.73. The Bertz CT molecular complexity index is 983. The third-order valence-electron chi connectivity index (χ3n) is 5.97. The van der Waals surface area contributed by atoms with Crippen LogP contribution in [0.3, 0.4) is 0 Å². The number of halogens is 1. The summed E-state index contributed by atoms with van der Waals surface area (Å²) < 4.78 is 6.83.